The molecule has 2 aromatic rings. The van der Waals surface area contributed by atoms with Gasteiger partial charge < -0.3 is 5.53 Å². The first-order valence-corrected chi connectivity index (χ1v) is 19.0. The number of allylic oxidation sites excluding steroid dienone is 2. The first-order valence-electron chi connectivity index (χ1n) is 17.6. The monoisotopic (exact) mass is 628 g/mol. The number of unbranched alkanes of at least 4 members (excludes halogenated alkanes) is 8. The number of aryl methyl sites for hydroxylation is 2. The zero-order valence-corrected chi connectivity index (χ0v) is 29.5. The van der Waals surface area contributed by atoms with Crippen LogP contribution in [0.4, 0.5) is 0 Å². The third-order valence-electron chi connectivity index (χ3n) is 8.33. The van der Waals surface area contributed by atoms with Gasteiger partial charge in [0.25, 0.3) is 0 Å². The van der Waals surface area contributed by atoms with Crippen LogP contribution in [0.2, 0.25) is 10.8 Å². The molecule has 3 heteroatoms. The van der Waals surface area contributed by atoms with Gasteiger partial charge in [-0.15, -0.1) is 0 Å². The summed E-state index contributed by atoms with van der Waals surface area (Å²) in [6.45, 7) is 13.4. The van der Waals surface area contributed by atoms with Gasteiger partial charge in [-0.3, -0.25) is 0 Å². The van der Waals surface area contributed by atoms with Gasteiger partial charge in [0.1, 0.15) is 0 Å². The Labute approximate surface area is 272 Å². The Morgan fingerprint density at radius 2 is 0.837 bits per heavy atom. The van der Waals surface area contributed by atoms with Gasteiger partial charge in [0.05, 0.1) is 0 Å². The van der Waals surface area contributed by atoms with Gasteiger partial charge >= 0.3 is 39.1 Å². The standard InChI is InChI=1S/C36H52N2.2C2H5.Ni/c1-5-9-13-15-18-30-23-27-31(28-24-30)35-33(19-12-8-4)34(20-16-14-10-6-2)36(38(35)37)32-25-21-29(22-26-32)17-11-7-3;2*1-2;/h21-28H,5-20H2,1-4H3;2*1H2,2H3;. The van der Waals surface area contributed by atoms with E-state index in [0.717, 1.165) is 61.0 Å². The van der Waals surface area contributed by atoms with Crippen LogP contribution >= 0.6 is 0 Å². The summed E-state index contributed by atoms with van der Waals surface area (Å²) in [6, 6.07) is 18.0. The van der Waals surface area contributed by atoms with Crippen LogP contribution in [0, 0.1) is 0 Å². The van der Waals surface area contributed by atoms with Crippen molar-refractivity contribution in [3.05, 3.63) is 87.5 Å². The van der Waals surface area contributed by atoms with Crippen LogP contribution in [0.15, 0.2) is 59.7 Å². The Kier molecular flexibility index (Phi) is 19.5. The van der Waals surface area contributed by atoms with E-state index in [1.54, 1.807) is 0 Å². The Morgan fingerprint density at radius 3 is 1.23 bits per heavy atom. The van der Waals surface area contributed by atoms with Crippen LogP contribution in [0.5, 0.6) is 0 Å². The van der Waals surface area contributed by atoms with Gasteiger partial charge in [0.15, 0.2) is 0 Å². The predicted molar refractivity (Wildman–Crippen MR) is 186 cm³/mol. The van der Waals surface area contributed by atoms with Crippen molar-refractivity contribution in [2.45, 2.75) is 155 Å². The van der Waals surface area contributed by atoms with E-state index in [-0.39, 0.29) is 0 Å². The zero-order valence-electron chi connectivity index (χ0n) is 28.6. The third kappa shape index (κ3) is 12.5. The fourth-order valence-corrected chi connectivity index (χ4v) is 6.31. The Balaban J connectivity index is 0.00000119. The van der Waals surface area contributed by atoms with Crippen molar-refractivity contribution in [2.24, 2.45) is 0 Å². The summed E-state index contributed by atoms with van der Waals surface area (Å²) in [5.74, 6) is 0. The average molecular weight is 630 g/mol. The summed E-state index contributed by atoms with van der Waals surface area (Å²) in [5.41, 5.74) is 21.6. The Bertz CT molecular complexity index is 1110. The molecule has 2 nitrogen and oxygen atoms in total. The predicted octanol–water partition coefficient (Wildman–Crippen LogP) is 13.4. The molecule has 0 aromatic heterocycles. The minimum atomic E-state index is 1.01. The van der Waals surface area contributed by atoms with E-state index < -0.39 is 0 Å². The Hall–Kier alpha value is -1.99. The van der Waals surface area contributed by atoms with Crippen molar-refractivity contribution in [3.63, 3.8) is 0 Å². The van der Waals surface area contributed by atoms with Gasteiger partial charge in [-0.25, -0.2) is 4.70 Å². The molecule has 0 atom stereocenters. The summed E-state index contributed by atoms with van der Waals surface area (Å²) in [4.78, 5) is 0. The van der Waals surface area contributed by atoms with E-state index >= 15 is 0 Å². The van der Waals surface area contributed by atoms with Crippen molar-refractivity contribution in [2.75, 3.05) is 0 Å². The van der Waals surface area contributed by atoms with E-state index in [0.29, 0.717) is 0 Å². The molecule has 1 aliphatic rings. The molecule has 0 aliphatic carbocycles. The summed E-state index contributed by atoms with van der Waals surface area (Å²) in [6.07, 6.45) is 19.1. The van der Waals surface area contributed by atoms with Crippen LogP contribution in [0.25, 0.3) is 16.9 Å². The van der Waals surface area contributed by atoms with Gasteiger partial charge in [-0.05, 0) is 86.8 Å². The number of rotatable bonds is 20. The molecular formula is C40H62N2Ni. The van der Waals surface area contributed by atoms with Crippen LogP contribution in [-0.2, 0) is 27.3 Å². The van der Waals surface area contributed by atoms with Crippen molar-refractivity contribution in [1.82, 2.24) is 0 Å². The van der Waals surface area contributed by atoms with Crippen molar-refractivity contribution in [1.29, 1.82) is 0 Å². The van der Waals surface area contributed by atoms with Crippen molar-refractivity contribution >= 4 is 11.4 Å². The van der Waals surface area contributed by atoms with Crippen molar-refractivity contribution in [3.8, 4) is 0 Å². The van der Waals surface area contributed by atoms with Gasteiger partial charge in [-0.1, -0.05) is 103 Å². The molecule has 1 heterocycles. The molecule has 242 valence electrons. The first kappa shape index (κ1) is 37.2. The number of hydrogen-bond donors (Lipinski definition) is 0. The van der Waals surface area contributed by atoms with Crippen LogP contribution < -0.4 is 0 Å². The molecule has 1 aliphatic heterocycles. The van der Waals surface area contributed by atoms with E-state index in [1.165, 1.54) is 102 Å². The molecule has 0 bridgehead atoms. The zero-order chi connectivity index (χ0) is 31.3. The summed E-state index contributed by atoms with van der Waals surface area (Å²) in [5, 5.41) is 2.56. The van der Waals surface area contributed by atoms with Crippen LogP contribution in [-0.4, -0.2) is 4.70 Å². The molecule has 0 amide bonds. The molecule has 3 rings (SSSR count). The maximum atomic E-state index is 11.8. The van der Waals surface area contributed by atoms with Crippen LogP contribution in [0.3, 0.4) is 0 Å². The average Bonchev–Trinajstić information content (AvgIpc) is 3.31. The molecule has 0 saturated carbocycles. The number of benzene rings is 2. The molecule has 0 N–H and O–H groups in total. The molecular weight excluding hydrogens is 567 g/mol. The van der Waals surface area contributed by atoms with E-state index in [1.807, 2.05) is 14.4 Å². The third-order valence-corrected chi connectivity index (χ3v) is 9.32. The van der Waals surface area contributed by atoms with Gasteiger partial charge in [0, 0.05) is 22.3 Å². The second kappa shape index (κ2) is 22.5. The Morgan fingerprint density at radius 1 is 0.465 bits per heavy atom. The topological polar surface area (TPSA) is 25.3 Å². The maximum absolute atomic E-state index is 11.8. The molecule has 0 saturated heterocycles. The summed E-state index contributed by atoms with van der Waals surface area (Å²) < 4.78 is 1.54. The number of nitrogens with zero attached hydrogens (tertiary/aromatic N) is 2. The molecule has 0 fully saturated rings. The van der Waals surface area contributed by atoms with E-state index in [4.69, 9.17) is 0 Å². The molecule has 2 aromatic carbocycles. The summed E-state index contributed by atoms with van der Waals surface area (Å²) >= 11 is 1.82. The second-order valence-electron chi connectivity index (χ2n) is 11.8. The SMILES string of the molecule is CCCCCCC1=C(c2ccc(CCCC)cc2)[N+](=[N-])C(c2ccc(CCCCCC)cc2)=C1CCCC.C[CH2][Ni][CH2]C. The fraction of sp³-hybridized carbons (Fsp3) is 0.600. The van der Waals surface area contributed by atoms with Crippen molar-refractivity contribution < 1.29 is 19.1 Å². The second-order valence-corrected chi connectivity index (χ2v) is 13.7. The quantitative estimate of drug-likeness (QED) is 0.0791. The van der Waals surface area contributed by atoms with E-state index in [9.17, 15) is 5.53 Å². The fourth-order valence-electron chi connectivity index (χ4n) is 5.82. The van der Waals surface area contributed by atoms with Gasteiger partial charge in [-0.2, -0.15) is 0 Å². The van der Waals surface area contributed by atoms with Gasteiger partial charge in [0.2, 0.25) is 11.4 Å². The normalized spacial score (nSPS) is 13.2. The molecule has 0 radical (unpaired) electrons. The molecule has 0 unspecified atom stereocenters. The minimum absolute atomic E-state index is 1.01. The number of hydrogen-bond acceptors (Lipinski definition) is 0. The molecule has 0 spiro atoms. The summed E-state index contributed by atoms with van der Waals surface area (Å²) in [7, 11) is 0. The first-order chi connectivity index (χ1) is 21.1. The van der Waals surface area contributed by atoms with Crippen LogP contribution in [0.1, 0.15) is 154 Å². The van der Waals surface area contributed by atoms with E-state index in [2.05, 4.69) is 90.1 Å². The molecule has 43 heavy (non-hydrogen) atoms.